The van der Waals surface area contributed by atoms with Crippen molar-refractivity contribution in [2.24, 2.45) is 0 Å². The van der Waals surface area contributed by atoms with E-state index in [0.29, 0.717) is 0 Å². The van der Waals surface area contributed by atoms with Gasteiger partial charge in [-0.15, -0.1) is 11.3 Å². The highest BCUT2D eigenvalue weighted by molar-refractivity contribution is 7.17. The number of carbonyl (C=O) groups is 1. The Morgan fingerprint density at radius 1 is 1.30 bits per heavy atom. The standard InChI is InChI=1S/C13H12F3NO2S/c14-13(15,16)8-17(6-12(18)19)5-9-7-20-11-4-2-1-3-10(9)11/h1-4,7H,5-6,8H2,(H,18,19). The Morgan fingerprint density at radius 2 is 2.00 bits per heavy atom. The Morgan fingerprint density at radius 3 is 2.65 bits per heavy atom. The zero-order valence-corrected chi connectivity index (χ0v) is 11.2. The number of rotatable bonds is 5. The van der Waals surface area contributed by atoms with Gasteiger partial charge in [0.25, 0.3) is 0 Å². The Hall–Kier alpha value is -1.60. The first-order valence-electron chi connectivity index (χ1n) is 5.81. The maximum absolute atomic E-state index is 12.5. The molecule has 20 heavy (non-hydrogen) atoms. The molecule has 3 nitrogen and oxygen atoms in total. The van der Waals surface area contributed by atoms with Gasteiger partial charge in [-0.25, -0.2) is 0 Å². The van der Waals surface area contributed by atoms with E-state index in [4.69, 9.17) is 5.11 Å². The highest BCUT2D eigenvalue weighted by atomic mass is 32.1. The second kappa shape index (κ2) is 5.80. The van der Waals surface area contributed by atoms with Gasteiger partial charge in [-0.3, -0.25) is 9.69 Å². The number of carboxylic acids is 1. The molecule has 0 spiro atoms. The van der Waals surface area contributed by atoms with Gasteiger partial charge in [0.2, 0.25) is 0 Å². The van der Waals surface area contributed by atoms with Gasteiger partial charge < -0.3 is 5.11 Å². The molecule has 0 fully saturated rings. The topological polar surface area (TPSA) is 40.5 Å². The molecule has 1 aromatic carbocycles. The predicted octanol–water partition coefficient (Wildman–Crippen LogP) is 3.35. The molecule has 2 aromatic rings. The summed E-state index contributed by atoms with van der Waals surface area (Å²) in [5.41, 5.74) is 0.719. The molecule has 0 aliphatic heterocycles. The second-order valence-electron chi connectivity index (χ2n) is 4.41. The number of hydrogen-bond acceptors (Lipinski definition) is 3. The van der Waals surface area contributed by atoms with E-state index >= 15 is 0 Å². The molecule has 1 N–H and O–H groups in total. The molecule has 2 rings (SSSR count). The predicted molar refractivity (Wildman–Crippen MR) is 70.8 cm³/mol. The first-order chi connectivity index (χ1) is 9.35. The highest BCUT2D eigenvalue weighted by Crippen LogP contribution is 2.27. The summed E-state index contributed by atoms with van der Waals surface area (Å²) in [6.07, 6.45) is -4.42. The molecule has 0 amide bonds. The van der Waals surface area contributed by atoms with Crippen LogP contribution in [-0.4, -0.2) is 35.2 Å². The van der Waals surface area contributed by atoms with E-state index in [-0.39, 0.29) is 6.54 Å². The Balaban J connectivity index is 2.20. The molecule has 108 valence electrons. The van der Waals surface area contributed by atoms with Crippen molar-refractivity contribution in [1.29, 1.82) is 0 Å². The molecule has 1 aromatic heterocycles. The summed E-state index contributed by atoms with van der Waals surface area (Å²) in [5, 5.41) is 11.4. The van der Waals surface area contributed by atoms with E-state index < -0.39 is 25.2 Å². The summed E-state index contributed by atoms with van der Waals surface area (Å²) < 4.78 is 38.4. The summed E-state index contributed by atoms with van der Waals surface area (Å²) in [6.45, 7) is -1.90. The number of carboxylic acid groups (broad SMARTS) is 1. The number of hydrogen-bond donors (Lipinski definition) is 1. The highest BCUT2D eigenvalue weighted by Gasteiger charge is 2.31. The number of fused-ring (bicyclic) bond motifs is 1. The monoisotopic (exact) mass is 303 g/mol. The second-order valence-corrected chi connectivity index (χ2v) is 5.32. The van der Waals surface area contributed by atoms with Crippen molar-refractivity contribution >= 4 is 27.4 Å². The van der Waals surface area contributed by atoms with Crippen molar-refractivity contribution in [2.45, 2.75) is 12.7 Å². The number of aliphatic carboxylic acids is 1. The van der Waals surface area contributed by atoms with Gasteiger partial charge in [-0.1, -0.05) is 18.2 Å². The fourth-order valence-electron chi connectivity index (χ4n) is 2.01. The lowest BCUT2D eigenvalue weighted by molar-refractivity contribution is -0.154. The largest absolute Gasteiger partial charge is 0.480 e. The van der Waals surface area contributed by atoms with Crippen LogP contribution in [0.4, 0.5) is 13.2 Å². The molecule has 1 heterocycles. The van der Waals surface area contributed by atoms with Gasteiger partial charge in [-0.2, -0.15) is 13.2 Å². The van der Waals surface area contributed by atoms with Crippen molar-refractivity contribution in [3.8, 4) is 0 Å². The minimum atomic E-state index is -4.42. The molecule has 7 heteroatoms. The molecule has 0 radical (unpaired) electrons. The van der Waals surface area contributed by atoms with Gasteiger partial charge >= 0.3 is 12.1 Å². The summed E-state index contributed by atoms with van der Waals surface area (Å²) in [4.78, 5) is 11.6. The number of halogens is 3. The van der Waals surface area contributed by atoms with E-state index in [0.717, 1.165) is 20.5 Å². The van der Waals surface area contributed by atoms with E-state index in [1.54, 1.807) is 5.38 Å². The van der Waals surface area contributed by atoms with E-state index in [1.165, 1.54) is 11.3 Å². The Kier molecular flexibility index (Phi) is 4.29. The van der Waals surface area contributed by atoms with Crippen LogP contribution < -0.4 is 0 Å². The third-order valence-corrected chi connectivity index (χ3v) is 3.73. The average molecular weight is 303 g/mol. The smallest absolute Gasteiger partial charge is 0.401 e. The fraction of sp³-hybridized carbons (Fsp3) is 0.308. The van der Waals surface area contributed by atoms with Crippen LogP contribution in [0.25, 0.3) is 10.1 Å². The van der Waals surface area contributed by atoms with Crippen LogP contribution in [0.15, 0.2) is 29.6 Å². The summed E-state index contributed by atoms with van der Waals surface area (Å²) in [6, 6.07) is 7.37. The zero-order chi connectivity index (χ0) is 14.8. The maximum atomic E-state index is 12.5. The van der Waals surface area contributed by atoms with Crippen LogP contribution in [0.5, 0.6) is 0 Å². The molecule has 0 unspecified atom stereocenters. The molecule has 0 aliphatic rings. The van der Waals surface area contributed by atoms with Crippen LogP contribution in [0.2, 0.25) is 0 Å². The number of nitrogens with zero attached hydrogens (tertiary/aromatic N) is 1. The van der Waals surface area contributed by atoms with Crippen molar-refractivity contribution < 1.29 is 23.1 Å². The molecule has 0 aliphatic carbocycles. The van der Waals surface area contributed by atoms with Crippen LogP contribution in [0, 0.1) is 0 Å². The van der Waals surface area contributed by atoms with Gasteiger partial charge in [0.1, 0.15) is 0 Å². The van der Waals surface area contributed by atoms with E-state index in [9.17, 15) is 18.0 Å². The number of benzene rings is 1. The Labute approximate surface area is 117 Å². The van der Waals surface area contributed by atoms with Crippen molar-refractivity contribution in [3.05, 3.63) is 35.2 Å². The SMILES string of the molecule is O=C(O)CN(Cc1csc2ccccc12)CC(F)(F)F. The van der Waals surface area contributed by atoms with E-state index in [2.05, 4.69) is 0 Å². The number of alkyl halides is 3. The molecule has 0 bridgehead atoms. The third kappa shape index (κ3) is 3.94. The van der Waals surface area contributed by atoms with Gasteiger partial charge in [0.05, 0.1) is 13.1 Å². The fourth-order valence-corrected chi connectivity index (χ4v) is 2.96. The van der Waals surface area contributed by atoms with Crippen LogP contribution in [-0.2, 0) is 11.3 Å². The lowest BCUT2D eigenvalue weighted by Crippen LogP contribution is -2.37. The summed E-state index contributed by atoms with van der Waals surface area (Å²) >= 11 is 1.44. The summed E-state index contributed by atoms with van der Waals surface area (Å²) in [7, 11) is 0. The maximum Gasteiger partial charge on any atom is 0.401 e. The van der Waals surface area contributed by atoms with Gasteiger partial charge in [0, 0.05) is 11.2 Å². The van der Waals surface area contributed by atoms with E-state index in [1.807, 2.05) is 24.3 Å². The Bertz CT molecular complexity index is 609. The van der Waals surface area contributed by atoms with Gasteiger partial charge in [-0.05, 0) is 22.4 Å². The zero-order valence-electron chi connectivity index (χ0n) is 10.4. The summed E-state index contributed by atoms with van der Waals surface area (Å²) in [5.74, 6) is -1.27. The molecular formula is C13H12F3NO2S. The molecule has 0 saturated heterocycles. The molecule has 0 atom stereocenters. The quantitative estimate of drug-likeness (QED) is 0.921. The average Bonchev–Trinajstić information content (AvgIpc) is 2.70. The lowest BCUT2D eigenvalue weighted by atomic mass is 10.1. The minimum Gasteiger partial charge on any atom is -0.480 e. The normalized spacial score (nSPS) is 12.2. The van der Waals surface area contributed by atoms with Crippen LogP contribution in [0.3, 0.4) is 0 Å². The van der Waals surface area contributed by atoms with Gasteiger partial charge in [0.15, 0.2) is 0 Å². The van der Waals surface area contributed by atoms with Crippen molar-refractivity contribution in [2.75, 3.05) is 13.1 Å². The van der Waals surface area contributed by atoms with Crippen molar-refractivity contribution in [3.63, 3.8) is 0 Å². The van der Waals surface area contributed by atoms with Crippen LogP contribution in [0.1, 0.15) is 5.56 Å². The molecule has 0 saturated carbocycles. The minimum absolute atomic E-state index is 0.0319. The molecular weight excluding hydrogens is 291 g/mol. The first-order valence-corrected chi connectivity index (χ1v) is 6.69. The van der Waals surface area contributed by atoms with Crippen molar-refractivity contribution in [1.82, 2.24) is 4.90 Å². The third-order valence-electron chi connectivity index (χ3n) is 2.72. The number of thiophene rings is 1. The van der Waals surface area contributed by atoms with Crippen LogP contribution >= 0.6 is 11.3 Å². The first kappa shape index (κ1) is 14.8. The lowest BCUT2D eigenvalue weighted by Gasteiger charge is -2.21.